The van der Waals surface area contributed by atoms with Gasteiger partial charge in [0, 0.05) is 18.0 Å². The van der Waals surface area contributed by atoms with E-state index in [0.29, 0.717) is 6.54 Å². The van der Waals surface area contributed by atoms with Crippen LogP contribution in [0.4, 0.5) is 0 Å². The number of imidazole rings is 1. The predicted molar refractivity (Wildman–Crippen MR) is 85.5 cm³/mol. The van der Waals surface area contributed by atoms with Crippen LogP contribution in [-0.2, 0) is 6.54 Å². The van der Waals surface area contributed by atoms with Gasteiger partial charge in [-0.15, -0.1) is 12.4 Å². The van der Waals surface area contributed by atoms with Crippen LogP contribution < -0.4 is 0 Å². The Bertz CT molecular complexity index is 719. The molecule has 0 aliphatic carbocycles. The number of hydrogen-bond donors (Lipinski definition) is 0. The van der Waals surface area contributed by atoms with Gasteiger partial charge in [-0.05, 0) is 25.5 Å². The highest BCUT2D eigenvalue weighted by atomic mass is 35.5. The van der Waals surface area contributed by atoms with Gasteiger partial charge in [-0.1, -0.05) is 29.8 Å². The Balaban J connectivity index is 0.00000161. The fourth-order valence-corrected chi connectivity index (χ4v) is 2.14. The lowest BCUT2D eigenvalue weighted by atomic mass is 10.1. The van der Waals surface area contributed by atoms with Crippen molar-refractivity contribution in [2.45, 2.75) is 20.4 Å². The van der Waals surface area contributed by atoms with Crippen molar-refractivity contribution < 1.29 is 0 Å². The number of aromatic nitrogens is 4. The molecule has 0 fully saturated rings. The molecular formula is C16H17ClN4. The van der Waals surface area contributed by atoms with E-state index in [0.717, 1.165) is 22.6 Å². The van der Waals surface area contributed by atoms with E-state index < -0.39 is 0 Å². The van der Waals surface area contributed by atoms with E-state index in [2.05, 4.69) is 57.0 Å². The zero-order chi connectivity index (χ0) is 13.9. The van der Waals surface area contributed by atoms with Crippen molar-refractivity contribution in [1.29, 1.82) is 0 Å². The molecule has 2 heterocycles. The Hall–Kier alpha value is -2.20. The summed E-state index contributed by atoms with van der Waals surface area (Å²) in [7, 11) is 0. The summed E-state index contributed by atoms with van der Waals surface area (Å²) in [5.74, 6) is 0.979. The topological polar surface area (TPSA) is 43.6 Å². The summed E-state index contributed by atoms with van der Waals surface area (Å²) in [6.45, 7) is 4.76. The van der Waals surface area contributed by atoms with Gasteiger partial charge in [0.25, 0.3) is 0 Å². The van der Waals surface area contributed by atoms with E-state index in [1.807, 2.05) is 13.1 Å². The molecule has 1 aromatic carbocycles. The molecule has 0 amide bonds. The lowest BCUT2D eigenvalue weighted by Gasteiger charge is -2.06. The fourth-order valence-electron chi connectivity index (χ4n) is 2.14. The number of benzene rings is 1. The minimum Gasteiger partial charge on any atom is -0.329 e. The minimum atomic E-state index is 0. The summed E-state index contributed by atoms with van der Waals surface area (Å²) < 4.78 is 2.06. The summed E-state index contributed by atoms with van der Waals surface area (Å²) in [5, 5.41) is 8.31. The summed E-state index contributed by atoms with van der Waals surface area (Å²) in [6, 6.07) is 10.5. The highest BCUT2D eigenvalue weighted by molar-refractivity contribution is 5.85. The molecule has 0 radical (unpaired) electrons. The molecule has 0 spiro atoms. The quantitative estimate of drug-likeness (QED) is 0.744. The van der Waals surface area contributed by atoms with Gasteiger partial charge in [0.2, 0.25) is 0 Å². The summed E-state index contributed by atoms with van der Waals surface area (Å²) in [5.41, 5.74) is 4.44. The summed E-state index contributed by atoms with van der Waals surface area (Å²) >= 11 is 0. The van der Waals surface area contributed by atoms with Gasteiger partial charge >= 0.3 is 0 Å². The first kappa shape index (κ1) is 15.2. The molecule has 0 aliphatic heterocycles. The lowest BCUT2D eigenvalue weighted by molar-refractivity contribution is 0.727. The highest BCUT2D eigenvalue weighted by Gasteiger charge is 2.04. The molecular weight excluding hydrogens is 284 g/mol. The second-order valence-electron chi connectivity index (χ2n) is 4.90. The molecule has 5 heteroatoms. The molecule has 21 heavy (non-hydrogen) atoms. The number of rotatable bonds is 3. The molecule has 0 unspecified atom stereocenters. The van der Waals surface area contributed by atoms with Gasteiger partial charge < -0.3 is 4.57 Å². The Morgan fingerprint density at radius 3 is 2.48 bits per heavy atom. The Morgan fingerprint density at radius 2 is 1.81 bits per heavy atom. The van der Waals surface area contributed by atoms with E-state index in [9.17, 15) is 0 Å². The molecule has 2 aromatic heterocycles. The van der Waals surface area contributed by atoms with Crippen LogP contribution in [0.15, 0.2) is 48.9 Å². The highest BCUT2D eigenvalue weighted by Crippen LogP contribution is 2.19. The first-order valence-electron chi connectivity index (χ1n) is 6.59. The van der Waals surface area contributed by atoms with Crippen LogP contribution in [0.25, 0.3) is 11.1 Å². The maximum Gasteiger partial charge on any atom is 0.105 e. The standard InChI is InChI=1S/C16H16N4.ClH/c1-12-3-5-14(6-4-12)15-9-16(19-18-10-15)11-20-8-7-17-13(20)2;/h3-10H,11H2,1-2H3;1H. The van der Waals surface area contributed by atoms with Crippen LogP contribution in [0.3, 0.4) is 0 Å². The molecule has 0 bridgehead atoms. The molecule has 108 valence electrons. The average molecular weight is 301 g/mol. The number of aryl methyl sites for hydroxylation is 2. The fraction of sp³-hybridized carbons (Fsp3) is 0.188. The third-order valence-corrected chi connectivity index (χ3v) is 3.35. The summed E-state index contributed by atoms with van der Waals surface area (Å²) in [4.78, 5) is 4.22. The minimum absolute atomic E-state index is 0. The third-order valence-electron chi connectivity index (χ3n) is 3.35. The van der Waals surface area contributed by atoms with Crippen molar-refractivity contribution in [3.05, 3.63) is 66.0 Å². The zero-order valence-corrected chi connectivity index (χ0v) is 12.8. The van der Waals surface area contributed by atoms with E-state index in [4.69, 9.17) is 0 Å². The van der Waals surface area contributed by atoms with Crippen molar-refractivity contribution in [2.75, 3.05) is 0 Å². The second kappa shape index (κ2) is 6.50. The molecule has 0 saturated heterocycles. The van der Waals surface area contributed by atoms with Gasteiger partial charge in [-0.3, -0.25) is 0 Å². The Morgan fingerprint density at radius 1 is 1.05 bits per heavy atom. The monoisotopic (exact) mass is 300 g/mol. The molecule has 0 aliphatic rings. The molecule has 3 aromatic rings. The van der Waals surface area contributed by atoms with E-state index in [-0.39, 0.29) is 12.4 Å². The average Bonchev–Trinajstić information content (AvgIpc) is 2.85. The number of nitrogens with zero attached hydrogens (tertiary/aromatic N) is 4. The van der Waals surface area contributed by atoms with E-state index in [1.54, 1.807) is 12.4 Å². The van der Waals surface area contributed by atoms with Crippen molar-refractivity contribution in [3.63, 3.8) is 0 Å². The smallest absolute Gasteiger partial charge is 0.105 e. The van der Waals surface area contributed by atoms with Crippen LogP contribution in [0.5, 0.6) is 0 Å². The molecule has 0 saturated carbocycles. The second-order valence-corrected chi connectivity index (χ2v) is 4.90. The van der Waals surface area contributed by atoms with Gasteiger partial charge in [0.1, 0.15) is 5.82 Å². The molecule has 3 rings (SSSR count). The van der Waals surface area contributed by atoms with Crippen LogP contribution in [0.1, 0.15) is 17.1 Å². The molecule has 4 nitrogen and oxygen atoms in total. The van der Waals surface area contributed by atoms with Crippen molar-refractivity contribution in [1.82, 2.24) is 19.7 Å². The number of hydrogen-bond acceptors (Lipinski definition) is 3. The summed E-state index contributed by atoms with van der Waals surface area (Å²) in [6.07, 6.45) is 5.55. The SMILES string of the molecule is Cc1ccc(-c2cnnc(Cn3ccnc3C)c2)cc1.Cl. The van der Waals surface area contributed by atoms with Crippen LogP contribution in [0.2, 0.25) is 0 Å². The van der Waals surface area contributed by atoms with E-state index >= 15 is 0 Å². The van der Waals surface area contributed by atoms with E-state index in [1.165, 1.54) is 5.56 Å². The number of halogens is 1. The van der Waals surface area contributed by atoms with Gasteiger partial charge in [-0.25, -0.2) is 4.98 Å². The first-order chi connectivity index (χ1) is 9.72. The molecule has 0 N–H and O–H groups in total. The van der Waals surface area contributed by atoms with Crippen molar-refractivity contribution >= 4 is 12.4 Å². The first-order valence-corrected chi connectivity index (χ1v) is 6.59. The Labute approximate surface area is 130 Å². The van der Waals surface area contributed by atoms with Crippen LogP contribution in [0, 0.1) is 13.8 Å². The largest absolute Gasteiger partial charge is 0.329 e. The predicted octanol–water partition coefficient (Wildman–Crippen LogP) is 3.43. The van der Waals surface area contributed by atoms with Crippen LogP contribution >= 0.6 is 12.4 Å². The maximum absolute atomic E-state index is 4.22. The van der Waals surface area contributed by atoms with Crippen molar-refractivity contribution in [2.24, 2.45) is 0 Å². The zero-order valence-electron chi connectivity index (χ0n) is 12.0. The maximum atomic E-state index is 4.22. The van der Waals surface area contributed by atoms with Crippen LogP contribution in [-0.4, -0.2) is 19.7 Å². The lowest BCUT2D eigenvalue weighted by Crippen LogP contribution is -2.04. The third kappa shape index (κ3) is 3.47. The Kier molecular flexibility index (Phi) is 4.70. The van der Waals surface area contributed by atoms with Crippen molar-refractivity contribution in [3.8, 4) is 11.1 Å². The van der Waals surface area contributed by atoms with Gasteiger partial charge in [0.15, 0.2) is 0 Å². The normalized spacial score (nSPS) is 10.2. The van der Waals surface area contributed by atoms with Gasteiger partial charge in [-0.2, -0.15) is 10.2 Å². The van der Waals surface area contributed by atoms with Gasteiger partial charge in [0.05, 0.1) is 18.4 Å². The molecule has 0 atom stereocenters.